The first-order valence-electron chi connectivity index (χ1n) is 3.95. The number of amides is 1. The molecule has 0 spiro atoms. The van der Waals surface area contributed by atoms with Crippen molar-refractivity contribution >= 4 is 17.4 Å². The Morgan fingerprint density at radius 2 is 2.00 bits per heavy atom. The molecule has 1 N–H and O–H groups in total. The van der Waals surface area contributed by atoms with Crippen LogP contribution in [0.2, 0.25) is 0 Å². The van der Waals surface area contributed by atoms with Crippen LogP contribution < -0.4 is 5.32 Å². The van der Waals surface area contributed by atoms with Gasteiger partial charge in [-0.2, -0.15) is 4.39 Å². The number of ketones is 1. The molecule has 0 aromatic carbocycles. The molecule has 0 radical (unpaired) electrons. The Hall–Kier alpha value is -1.78. The first-order chi connectivity index (χ1) is 6.49. The topological polar surface area (TPSA) is 59.1 Å². The van der Waals surface area contributed by atoms with Gasteiger partial charge in [0.25, 0.3) is 0 Å². The number of hydrogen-bond donors (Lipinski definition) is 1. The maximum atomic E-state index is 12.8. The van der Waals surface area contributed by atoms with Crippen LogP contribution in [0.4, 0.5) is 10.1 Å². The first-order valence-corrected chi connectivity index (χ1v) is 3.95. The number of Topliss-reactive ketones (excluding diaryl/α,β-unsaturated/α-hetero) is 1. The highest BCUT2D eigenvalue weighted by molar-refractivity contribution is 5.94. The summed E-state index contributed by atoms with van der Waals surface area (Å²) < 4.78 is 12.8. The molecule has 1 heterocycles. The standard InChI is InChI=1S/C9H9FN2O2/c1-5(13)8-3-7(11-6(2)14)4-9(10)12-8/h3-4H,1-2H3,(H,11,12,14). The molecule has 1 aromatic heterocycles. The van der Waals surface area contributed by atoms with E-state index in [4.69, 9.17) is 0 Å². The van der Waals surface area contributed by atoms with Gasteiger partial charge in [0.05, 0.1) is 0 Å². The highest BCUT2D eigenvalue weighted by Gasteiger charge is 2.06. The zero-order valence-corrected chi connectivity index (χ0v) is 7.80. The molecule has 0 aliphatic rings. The van der Waals surface area contributed by atoms with Crippen LogP contribution in [0.15, 0.2) is 12.1 Å². The Kier molecular flexibility index (Phi) is 2.91. The Balaban J connectivity index is 3.07. The molecule has 1 aromatic rings. The predicted molar refractivity (Wildman–Crippen MR) is 48.5 cm³/mol. The molecule has 0 saturated carbocycles. The summed E-state index contributed by atoms with van der Waals surface area (Å²) in [6.07, 6.45) is 0. The minimum atomic E-state index is -0.790. The van der Waals surface area contributed by atoms with E-state index in [1.54, 1.807) is 0 Å². The summed E-state index contributed by atoms with van der Waals surface area (Å²) in [6, 6.07) is 2.38. The number of nitrogens with one attached hydrogen (secondary N) is 1. The zero-order valence-electron chi connectivity index (χ0n) is 7.80. The highest BCUT2D eigenvalue weighted by Crippen LogP contribution is 2.11. The van der Waals surface area contributed by atoms with Crippen molar-refractivity contribution < 1.29 is 14.0 Å². The van der Waals surface area contributed by atoms with Gasteiger partial charge in [0.1, 0.15) is 5.69 Å². The maximum absolute atomic E-state index is 12.8. The summed E-state index contributed by atoms with van der Waals surface area (Å²) in [4.78, 5) is 24.9. The van der Waals surface area contributed by atoms with Crippen LogP contribution in [-0.4, -0.2) is 16.7 Å². The van der Waals surface area contributed by atoms with Crippen LogP contribution in [0.25, 0.3) is 0 Å². The molecule has 5 heteroatoms. The van der Waals surface area contributed by atoms with Crippen molar-refractivity contribution in [2.75, 3.05) is 5.32 Å². The molecule has 0 fully saturated rings. The molecule has 0 unspecified atom stereocenters. The third-order valence-corrected chi connectivity index (χ3v) is 1.48. The monoisotopic (exact) mass is 196 g/mol. The SMILES string of the molecule is CC(=O)Nc1cc(F)nc(C(C)=O)c1. The summed E-state index contributed by atoms with van der Waals surface area (Å²) >= 11 is 0. The second kappa shape index (κ2) is 3.95. The smallest absolute Gasteiger partial charge is 0.221 e. The molecule has 0 saturated heterocycles. The predicted octanol–water partition coefficient (Wildman–Crippen LogP) is 1.38. The first kappa shape index (κ1) is 10.3. The quantitative estimate of drug-likeness (QED) is 0.574. The minimum absolute atomic E-state index is 0.00579. The number of anilines is 1. The van der Waals surface area contributed by atoms with Gasteiger partial charge < -0.3 is 5.32 Å². The number of nitrogens with zero attached hydrogens (tertiary/aromatic N) is 1. The lowest BCUT2D eigenvalue weighted by Gasteiger charge is -2.03. The van der Waals surface area contributed by atoms with Gasteiger partial charge in [-0.15, -0.1) is 0 Å². The van der Waals surface area contributed by atoms with Gasteiger partial charge in [0.15, 0.2) is 5.78 Å². The molecule has 0 aliphatic carbocycles. The second-order valence-corrected chi connectivity index (χ2v) is 2.80. The molecule has 74 valence electrons. The Labute approximate surface area is 80.1 Å². The van der Waals surface area contributed by atoms with Gasteiger partial charge in [-0.25, -0.2) is 4.98 Å². The van der Waals surface area contributed by atoms with E-state index in [2.05, 4.69) is 10.3 Å². The number of pyridine rings is 1. The lowest BCUT2D eigenvalue weighted by atomic mass is 10.2. The van der Waals surface area contributed by atoms with Gasteiger partial charge in [0.2, 0.25) is 11.9 Å². The molecule has 4 nitrogen and oxygen atoms in total. The Bertz CT molecular complexity index is 390. The Morgan fingerprint density at radius 3 is 2.50 bits per heavy atom. The van der Waals surface area contributed by atoms with E-state index >= 15 is 0 Å². The molecular weight excluding hydrogens is 187 g/mol. The van der Waals surface area contributed by atoms with Gasteiger partial charge in [-0.05, 0) is 6.07 Å². The van der Waals surface area contributed by atoms with Crippen LogP contribution in [0.1, 0.15) is 24.3 Å². The lowest BCUT2D eigenvalue weighted by molar-refractivity contribution is -0.114. The minimum Gasteiger partial charge on any atom is -0.326 e. The van der Waals surface area contributed by atoms with Crippen molar-refractivity contribution in [1.82, 2.24) is 4.98 Å². The highest BCUT2D eigenvalue weighted by atomic mass is 19.1. The van der Waals surface area contributed by atoms with Crippen molar-refractivity contribution in [1.29, 1.82) is 0 Å². The molecule has 0 atom stereocenters. The van der Waals surface area contributed by atoms with E-state index in [1.165, 1.54) is 19.9 Å². The van der Waals surface area contributed by atoms with Gasteiger partial charge in [-0.1, -0.05) is 0 Å². The summed E-state index contributed by atoms with van der Waals surface area (Å²) in [5.41, 5.74) is 0.226. The van der Waals surface area contributed by atoms with Gasteiger partial charge in [0, 0.05) is 25.6 Å². The average Bonchev–Trinajstić information content (AvgIpc) is 2.01. The van der Waals surface area contributed by atoms with E-state index in [1.807, 2.05) is 0 Å². The molecule has 1 rings (SSSR count). The summed E-state index contributed by atoms with van der Waals surface area (Å²) in [7, 11) is 0. The van der Waals surface area contributed by atoms with Crippen LogP contribution in [0.3, 0.4) is 0 Å². The second-order valence-electron chi connectivity index (χ2n) is 2.80. The number of rotatable bonds is 2. The third kappa shape index (κ3) is 2.62. The maximum Gasteiger partial charge on any atom is 0.221 e. The van der Waals surface area contributed by atoms with E-state index < -0.39 is 5.95 Å². The van der Waals surface area contributed by atoms with Crippen molar-refractivity contribution in [3.63, 3.8) is 0 Å². The van der Waals surface area contributed by atoms with Crippen LogP contribution in [0, 0.1) is 5.95 Å². The number of aromatic nitrogens is 1. The number of carbonyl (C=O) groups is 2. The number of carbonyl (C=O) groups excluding carboxylic acids is 2. The fourth-order valence-corrected chi connectivity index (χ4v) is 0.953. The number of halogens is 1. The van der Waals surface area contributed by atoms with Gasteiger partial charge in [-0.3, -0.25) is 9.59 Å². The summed E-state index contributed by atoms with van der Waals surface area (Å²) in [6.45, 7) is 2.57. The Morgan fingerprint density at radius 1 is 1.36 bits per heavy atom. The van der Waals surface area contributed by atoms with E-state index in [0.29, 0.717) is 0 Å². The van der Waals surface area contributed by atoms with Crippen LogP contribution in [0.5, 0.6) is 0 Å². The molecule has 0 bridgehead atoms. The molecule has 14 heavy (non-hydrogen) atoms. The van der Waals surface area contributed by atoms with Crippen LogP contribution >= 0.6 is 0 Å². The zero-order chi connectivity index (χ0) is 10.7. The average molecular weight is 196 g/mol. The van der Waals surface area contributed by atoms with Gasteiger partial charge >= 0.3 is 0 Å². The third-order valence-electron chi connectivity index (χ3n) is 1.48. The van der Waals surface area contributed by atoms with Crippen molar-refractivity contribution in [3.8, 4) is 0 Å². The molecule has 0 aliphatic heterocycles. The molecule has 1 amide bonds. The van der Waals surface area contributed by atoms with E-state index in [-0.39, 0.29) is 23.1 Å². The number of hydrogen-bond acceptors (Lipinski definition) is 3. The normalized spacial score (nSPS) is 9.64. The van der Waals surface area contributed by atoms with Crippen molar-refractivity contribution in [3.05, 3.63) is 23.8 Å². The summed E-state index contributed by atoms with van der Waals surface area (Å²) in [5.74, 6) is -1.47. The molecular formula is C9H9FN2O2. The van der Waals surface area contributed by atoms with E-state index in [0.717, 1.165) is 6.07 Å². The van der Waals surface area contributed by atoms with Crippen LogP contribution in [-0.2, 0) is 4.79 Å². The van der Waals surface area contributed by atoms with E-state index in [9.17, 15) is 14.0 Å². The summed E-state index contributed by atoms with van der Waals surface area (Å²) in [5, 5.41) is 2.37. The lowest BCUT2D eigenvalue weighted by Crippen LogP contribution is -2.08. The fraction of sp³-hybridized carbons (Fsp3) is 0.222. The largest absolute Gasteiger partial charge is 0.326 e. The van der Waals surface area contributed by atoms with Crippen molar-refractivity contribution in [2.24, 2.45) is 0 Å². The van der Waals surface area contributed by atoms with Crippen molar-refractivity contribution in [2.45, 2.75) is 13.8 Å². The fourth-order valence-electron chi connectivity index (χ4n) is 0.953.